The Morgan fingerprint density at radius 3 is 2.89 bits per heavy atom. The number of nitrogens with two attached hydrogens (primary N) is 1. The fourth-order valence-corrected chi connectivity index (χ4v) is 3.53. The molecule has 104 valence electrons. The first-order valence-corrected chi connectivity index (χ1v) is 7.51. The number of hydrogen-bond acceptors (Lipinski definition) is 3. The van der Waals surface area contributed by atoms with E-state index in [1.807, 2.05) is 0 Å². The molecule has 2 fully saturated rings. The van der Waals surface area contributed by atoms with Gasteiger partial charge >= 0.3 is 0 Å². The van der Waals surface area contributed by atoms with E-state index in [2.05, 4.69) is 35.2 Å². The smallest absolute Gasteiger partial charge is 0.123 e. The van der Waals surface area contributed by atoms with Crippen LogP contribution in [0.5, 0.6) is 0 Å². The molecule has 3 nitrogen and oxygen atoms in total. The van der Waals surface area contributed by atoms with Gasteiger partial charge in [-0.1, -0.05) is 30.3 Å². The van der Waals surface area contributed by atoms with Crippen molar-refractivity contribution in [1.82, 2.24) is 10.2 Å². The number of rotatable bonds is 3. The predicted molar refractivity (Wildman–Crippen MR) is 78.8 cm³/mol. The molecule has 1 aromatic carbocycles. The van der Waals surface area contributed by atoms with Crippen LogP contribution in [0.1, 0.15) is 24.8 Å². The SMILES string of the molecule is [2H]N1CC[C@@H](N)C1C1CCCN(Cc2ccccc2)C1. The van der Waals surface area contributed by atoms with E-state index >= 15 is 0 Å². The van der Waals surface area contributed by atoms with Gasteiger partial charge in [0, 0.05) is 25.2 Å². The number of hydrogen-bond donors (Lipinski definition) is 2. The van der Waals surface area contributed by atoms with Crippen molar-refractivity contribution in [2.24, 2.45) is 11.7 Å². The second-order valence-electron chi connectivity index (χ2n) is 5.97. The van der Waals surface area contributed by atoms with E-state index in [4.69, 9.17) is 7.15 Å². The highest BCUT2D eigenvalue weighted by Gasteiger charge is 2.33. The van der Waals surface area contributed by atoms with Crippen LogP contribution in [0.3, 0.4) is 0 Å². The van der Waals surface area contributed by atoms with Crippen LogP contribution in [0, 0.1) is 5.92 Å². The lowest BCUT2D eigenvalue weighted by Gasteiger charge is -2.37. The molecule has 0 amide bonds. The third kappa shape index (κ3) is 3.16. The Kier molecular flexibility index (Phi) is 3.78. The van der Waals surface area contributed by atoms with Gasteiger partial charge in [-0.2, -0.15) is 0 Å². The van der Waals surface area contributed by atoms with E-state index in [0.717, 1.165) is 26.1 Å². The molecule has 1 aromatic rings. The number of piperidine rings is 1. The molecule has 2 saturated heterocycles. The summed E-state index contributed by atoms with van der Waals surface area (Å²) in [6, 6.07) is 11.1. The largest absolute Gasteiger partial charge is 0.326 e. The van der Waals surface area contributed by atoms with Crippen LogP contribution in [0.4, 0.5) is 0 Å². The van der Waals surface area contributed by atoms with Crippen molar-refractivity contribution in [3.05, 3.63) is 35.9 Å². The lowest BCUT2D eigenvalue weighted by atomic mass is 9.87. The summed E-state index contributed by atoms with van der Waals surface area (Å²) in [4.78, 5) is 2.53. The first kappa shape index (κ1) is 11.9. The van der Waals surface area contributed by atoms with Gasteiger partial charge in [-0.15, -0.1) is 0 Å². The highest BCUT2D eigenvalue weighted by Crippen LogP contribution is 2.25. The van der Waals surface area contributed by atoms with Crippen LogP contribution in [-0.4, -0.2) is 36.6 Å². The molecule has 19 heavy (non-hydrogen) atoms. The van der Waals surface area contributed by atoms with E-state index in [1.54, 1.807) is 5.31 Å². The highest BCUT2D eigenvalue weighted by atomic mass is 15.1. The molecule has 0 aromatic heterocycles. The molecule has 2 unspecified atom stereocenters. The summed E-state index contributed by atoms with van der Waals surface area (Å²) in [6.07, 6.45) is 3.43. The molecule has 0 saturated carbocycles. The van der Waals surface area contributed by atoms with Gasteiger partial charge in [0.05, 0.1) is 0 Å². The zero-order valence-corrected chi connectivity index (χ0v) is 11.5. The summed E-state index contributed by atoms with van der Waals surface area (Å²) >= 11 is 0. The lowest BCUT2D eigenvalue weighted by Crippen LogP contribution is -2.49. The topological polar surface area (TPSA) is 41.3 Å². The van der Waals surface area contributed by atoms with Crippen molar-refractivity contribution in [2.45, 2.75) is 37.9 Å². The predicted octanol–water partition coefficient (Wildman–Crippen LogP) is 1.59. The molecule has 3 N–H and O–H groups in total. The first-order chi connectivity index (χ1) is 9.74. The second kappa shape index (κ2) is 6.04. The average Bonchev–Trinajstić information content (AvgIpc) is 2.80. The number of benzene rings is 1. The Hall–Kier alpha value is -0.900. The van der Waals surface area contributed by atoms with Gasteiger partial charge in [-0.3, -0.25) is 4.90 Å². The summed E-state index contributed by atoms with van der Waals surface area (Å²) < 4.78 is 8.08. The molecule has 0 bridgehead atoms. The second-order valence-corrected chi connectivity index (χ2v) is 5.97. The van der Waals surface area contributed by atoms with Gasteiger partial charge < -0.3 is 11.0 Å². The molecule has 0 spiro atoms. The summed E-state index contributed by atoms with van der Waals surface area (Å²) in [5.41, 5.74) is 7.60. The molecule has 2 aliphatic rings. The minimum Gasteiger partial charge on any atom is -0.326 e. The summed E-state index contributed by atoms with van der Waals surface area (Å²) in [6.45, 7) is 4.12. The van der Waals surface area contributed by atoms with Crippen molar-refractivity contribution in [3.8, 4) is 0 Å². The van der Waals surface area contributed by atoms with Crippen LogP contribution >= 0.6 is 0 Å². The maximum atomic E-state index is 8.08. The van der Waals surface area contributed by atoms with Crippen molar-refractivity contribution < 1.29 is 1.41 Å². The zero-order valence-electron chi connectivity index (χ0n) is 12.5. The normalized spacial score (nSPS) is 34.4. The number of nitrogens with one attached hydrogen (secondary N) is 1. The van der Waals surface area contributed by atoms with E-state index in [0.29, 0.717) is 5.92 Å². The zero-order chi connectivity index (χ0) is 13.9. The maximum Gasteiger partial charge on any atom is 0.123 e. The third-order valence-corrected chi connectivity index (χ3v) is 4.51. The third-order valence-electron chi connectivity index (χ3n) is 4.51. The van der Waals surface area contributed by atoms with E-state index in [1.165, 1.54) is 24.9 Å². The highest BCUT2D eigenvalue weighted by molar-refractivity contribution is 5.14. The van der Waals surface area contributed by atoms with Gasteiger partial charge in [-0.25, -0.2) is 0 Å². The Morgan fingerprint density at radius 2 is 2.16 bits per heavy atom. The monoisotopic (exact) mass is 260 g/mol. The molecule has 3 heteroatoms. The van der Waals surface area contributed by atoms with Gasteiger partial charge in [0.1, 0.15) is 1.41 Å². The van der Waals surface area contributed by atoms with Gasteiger partial charge in [0.15, 0.2) is 0 Å². The molecule has 3 atom stereocenters. The minimum atomic E-state index is 0.189. The first-order valence-electron chi connectivity index (χ1n) is 7.96. The minimum absolute atomic E-state index is 0.189. The number of likely N-dealkylation sites (tertiary alicyclic amines) is 1. The van der Waals surface area contributed by atoms with Gasteiger partial charge in [-0.05, 0) is 43.8 Å². The van der Waals surface area contributed by atoms with Crippen LogP contribution in [0.15, 0.2) is 30.3 Å². The molecule has 2 heterocycles. The standard InChI is InChI=1S/C16H25N3/c17-15-8-9-18-16(15)14-7-4-10-19(12-14)11-13-5-2-1-3-6-13/h1-3,5-6,14-16,18H,4,7-12,17H2/t14?,15-,16?/m1/s1/i/hD. The summed E-state index contributed by atoms with van der Waals surface area (Å²) in [5.74, 6) is 0.558. The molecule has 0 radical (unpaired) electrons. The fourth-order valence-electron chi connectivity index (χ4n) is 3.53. The van der Waals surface area contributed by atoms with Crippen molar-refractivity contribution in [1.29, 1.82) is 0 Å². The van der Waals surface area contributed by atoms with E-state index in [-0.39, 0.29) is 12.1 Å². The average molecular weight is 260 g/mol. The fraction of sp³-hybridized carbons (Fsp3) is 0.625. The van der Waals surface area contributed by atoms with Crippen LogP contribution in [0.25, 0.3) is 0 Å². The Morgan fingerprint density at radius 1 is 1.32 bits per heavy atom. The Balaban J connectivity index is 1.62. The number of nitrogens with zero attached hydrogens (tertiary/aromatic N) is 1. The Bertz CT molecular complexity index is 415. The van der Waals surface area contributed by atoms with Crippen molar-refractivity contribution in [3.63, 3.8) is 0 Å². The van der Waals surface area contributed by atoms with Gasteiger partial charge in [0.2, 0.25) is 0 Å². The van der Waals surface area contributed by atoms with Crippen LogP contribution in [0.2, 0.25) is 1.41 Å². The Labute approximate surface area is 117 Å². The van der Waals surface area contributed by atoms with Crippen molar-refractivity contribution >= 4 is 0 Å². The lowest BCUT2D eigenvalue weighted by molar-refractivity contribution is 0.141. The van der Waals surface area contributed by atoms with Crippen molar-refractivity contribution in [2.75, 3.05) is 19.6 Å². The summed E-state index contributed by atoms with van der Waals surface area (Å²) in [5, 5.41) is 1.74. The van der Waals surface area contributed by atoms with Crippen LogP contribution < -0.4 is 11.0 Å². The van der Waals surface area contributed by atoms with E-state index in [9.17, 15) is 0 Å². The molecule has 0 aliphatic carbocycles. The molecule has 2 aliphatic heterocycles. The van der Waals surface area contributed by atoms with Crippen LogP contribution in [-0.2, 0) is 6.54 Å². The maximum absolute atomic E-state index is 8.08. The molecular formula is C16H25N3. The molecule has 3 rings (SSSR count). The van der Waals surface area contributed by atoms with Gasteiger partial charge in [0.25, 0.3) is 0 Å². The quantitative estimate of drug-likeness (QED) is 0.867. The summed E-state index contributed by atoms with van der Waals surface area (Å²) in [7, 11) is 0. The van der Waals surface area contributed by atoms with E-state index < -0.39 is 0 Å². The molecular weight excluding hydrogens is 234 g/mol.